The number of aromatic amines is 1. The number of rotatable bonds is 3. The van der Waals surface area contributed by atoms with Gasteiger partial charge in [-0.3, -0.25) is 0 Å². The average molecular weight is 541 g/mol. The molecule has 3 aromatic rings. The van der Waals surface area contributed by atoms with E-state index in [0.29, 0.717) is 11.4 Å². The van der Waals surface area contributed by atoms with Crippen LogP contribution in [-0.2, 0) is 0 Å². The fraction of sp³-hybridized carbons (Fsp3) is 0.111. The highest BCUT2D eigenvalue weighted by Crippen LogP contribution is 2.31. The third-order valence-electron chi connectivity index (χ3n) is 3.55. The van der Waals surface area contributed by atoms with Gasteiger partial charge >= 0.3 is 0 Å². The highest BCUT2D eigenvalue weighted by atomic mass is 127. The average Bonchev–Trinajstić information content (AvgIpc) is 2.94. The zero-order valence-corrected chi connectivity index (χ0v) is 17.3. The van der Waals surface area contributed by atoms with Gasteiger partial charge in [0.25, 0.3) is 0 Å². The first-order valence-electron chi connectivity index (χ1n) is 7.13. The smallest absolute Gasteiger partial charge is 0.149 e. The molecule has 120 valence electrons. The van der Waals surface area contributed by atoms with Gasteiger partial charge in [0.2, 0.25) is 0 Å². The van der Waals surface area contributed by atoms with Crippen LogP contribution in [0.2, 0.25) is 0 Å². The number of imidazole rings is 1. The molecular weight excluding hydrogens is 528 g/mol. The molecular formula is C18H13I2N3O. The van der Waals surface area contributed by atoms with Gasteiger partial charge in [-0.05, 0) is 88.0 Å². The number of hydrogen-bond donors (Lipinski definition) is 1. The standard InChI is InChI=1S/C18H13I2N3O/c1-10-3-4-15-16(5-10)23-18(22-15)12(9-21)6-11-7-13(19)8-14(20)17(11)24-2/h3-8H,1-2H3,(H,22,23)/b12-6-. The van der Waals surface area contributed by atoms with Crippen LogP contribution in [0.1, 0.15) is 17.0 Å². The first kappa shape index (κ1) is 17.2. The highest BCUT2D eigenvalue weighted by molar-refractivity contribution is 14.1. The van der Waals surface area contributed by atoms with E-state index in [-0.39, 0.29) is 0 Å². The first-order valence-corrected chi connectivity index (χ1v) is 9.29. The zero-order chi connectivity index (χ0) is 17.3. The lowest BCUT2D eigenvalue weighted by Crippen LogP contribution is -1.93. The Morgan fingerprint density at radius 3 is 2.79 bits per heavy atom. The van der Waals surface area contributed by atoms with Crippen molar-refractivity contribution in [2.75, 3.05) is 7.11 Å². The number of methoxy groups -OCH3 is 1. The SMILES string of the molecule is COc1c(I)cc(I)cc1/C=C(/C#N)c1nc2ccc(C)cc2[nH]1. The molecule has 2 aromatic carbocycles. The minimum Gasteiger partial charge on any atom is -0.495 e. The molecule has 24 heavy (non-hydrogen) atoms. The maximum atomic E-state index is 9.60. The molecule has 0 spiro atoms. The maximum absolute atomic E-state index is 9.60. The molecule has 0 bridgehead atoms. The van der Waals surface area contributed by atoms with Crippen molar-refractivity contribution in [3.63, 3.8) is 0 Å². The number of aromatic nitrogens is 2. The largest absolute Gasteiger partial charge is 0.495 e. The Morgan fingerprint density at radius 1 is 1.29 bits per heavy atom. The Kier molecular flexibility index (Phi) is 5.10. The summed E-state index contributed by atoms with van der Waals surface area (Å²) in [7, 11) is 1.64. The van der Waals surface area contributed by atoms with Gasteiger partial charge < -0.3 is 9.72 Å². The van der Waals surface area contributed by atoms with E-state index in [1.165, 1.54) is 0 Å². The van der Waals surface area contributed by atoms with Crippen molar-refractivity contribution >= 4 is 67.9 Å². The van der Waals surface area contributed by atoms with Crippen LogP contribution < -0.4 is 4.74 Å². The number of ether oxygens (including phenoxy) is 1. The van der Waals surface area contributed by atoms with Crippen molar-refractivity contribution in [3.8, 4) is 11.8 Å². The fourth-order valence-electron chi connectivity index (χ4n) is 2.46. The molecule has 0 atom stereocenters. The topological polar surface area (TPSA) is 61.7 Å². The van der Waals surface area contributed by atoms with Gasteiger partial charge in [0.15, 0.2) is 0 Å². The summed E-state index contributed by atoms with van der Waals surface area (Å²) in [6.07, 6.45) is 1.81. The van der Waals surface area contributed by atoms with Crippen LogP contribution in [0, 0.1) is 25.4 Å². The van der Waals surface area contributed by atoms with Gasteiger partial charge in [-0.25, -0.2) is 4.98 Å². The van der Waals surface area contributed by atoms with Crippen LogP contribution in [-0.4, -0.2) is 17.1 Å². The predicted molar refractivity (Wildman–Crippen MR) is 113 cm³/mol. The van der Waals surface area contributed by atoms with Crippen molar-refractivity contribution in [3.05, 3.63) is 54.4 Å². The normalized spacial score (nSPS) is 11.5. The molecule has 0 amide bonds. The minimum absolute atomic E-state index is 0.472. The van der Waals surface area contributed by atoms with Gasteiger partial charge in [-0.2, -0.15) is 5.26 Å². The summed E-state index contributed by atoms with van der Waals surface area (Å²) >= 11 is 4.49. The molecule has 6 heteroatoms. The van der Waals surface area contributed by atoms with E-state index in [0.717, 1.165) is 35.1 Å². The van der Waals surface area contributed by atoms with Gasteiger partial charge in [-0.15, -0.1) is 0 Å². The summed E-state index contributed by atoms with van der Waals surface area (Å²) in [5, 5.41) is 9.60. The number of aryl methyl sites for hydroxylation is 1. The van der Waals surface area contributed by atoms with E-state index >= 15 is 0 Å². The predicted octanol–water partition coefficient (Wildman–Crippen LogP) is 5.15. The second-order valence-electron chi connectivity index (χ2n) is 5.29. The number of hydrogen-bond acceptors (Lipinski definition) is 3. The van der Waals surface area contributed by atoms with Gasteiger partial charge in [0.05, 0.1) is 27.3 Å². The number of halogens is 2. The molecule has 0 saturated heterocycles. The summed E-state index contributed by atoms with van der Waals surface area (Å²) in [4.78, 5) is 7.76. The molecule has 4 nitrogen and oxygen atoms in total. The van der Waals surface area contributed by atoms with Crippen molar-refractivity contribution in [1.82, 2.24) is 9.97 Å². The summed E-state index contributed by atoms with van der Waals surface area (Å²) in [5.74, 6) is 1.32. The molecule has 0 radical (unpaired) electrons. The Balaban J connectivity index is 2.14. The fourth-order valence-corrected chi connectivity index (χ4v) is 4.57. The van der Waals surface area contributed by atoms with Gasteiger partial charge in [-0.1, -0.05) is 6.07 Å². The van der Waals surface area contributed by atoms with Gasteiger partial charge in [0, 0.05) is 9.13 Å². The Morgan fingerprint density at radius 2 is 2.08 bits per heavy atom. The summed E-state index contributed by atoms with van der Waals surface area (Å²) in [6.45, 7) is 2.03. The van der Waals surface area contributed by atoms with Gasteiger partial charge in [0.1, 0.15) is 17.6 Å². The number of nitrogens with one attached hydrogen (secondary N) is 1. The van der Waals surface area contributed by atoms with Crippen LogP contribution in [0.4, 0.5) is 0 Å². The van der Waals surface area contributed by atoms with E-state index < -0.39 is 0 Å². The van der Waals surface area contributed by atoms with E-state index in [2.05, 4.69) is 61.2 Å². The van der Waals surface area contributed by atoms with Crippen molar-refractivity contribution in [2.24, 2.45) is 0 Å². The molecule has 1 heterocycles. The third kappa shape index (κ3) is 3.42. The number of nitrogens with zero attached hydrogens (tertiary/aromatic N) is 2. The van der Waals surface area contributed by atoms with Crippen LogP contribution in [0.5, 0.6) is 5.75 Å². The van der Waals surface area contributed by atoms with Crippen molar-refractivity contribution in [2.45, 2.75) is 6.92 Å². The Bertz CT molecular complexity index is 999. The second kappa shape index (κ2) is 7.11. The first-order chi connectivity index (χ1) is 11.5. The van der Waals surface area contributed by atoms with Crippen LogP contribution >= 0.6 is 45.2 Å². The number of allylic oxidation sites excluding steroid dienone is 1. The summed E-state index contributed by atoms with van der Waals surface area (Å²) < 4.78 is 7.58. The Labute approximate surface area is 167 Å². The molecule has 0 fully saturated rings. The number of fused-ring (bicyclic) bond motifs is 1. The van der Waals surface area contributed by atoms with Crippen molar-refractivity contribution < 1.29 is 4.74 Å². The molecule has 0 aliphatic carbocycles. The molecule has 0 aliphatic heterocycles. The molecule has 1 N–H and O–H groups in total. The molecule has 0 unspecified atom stereocenters. The monoisotopic (exact) mass is 541 g/mol. The van der Waals surface area contributed by atoms with E-state index in [1.807, 2.05) is 43.3 Å². The lowest BCUT2D eigenvalue weighted by Gasteiger charge is -2.08. The van der Waals surface area contributed by atoms with E-state index in [9.17, 15) is 5.26 Å². The molecule has 1 aromatic heterocycles. The molecule has 0 aliphatic rings. The quantitative estimate of drug-likeness (QED) is 0.369. The number of H-pyrrole nitrogens is 1. The second-order valence-corrected chi connectivity index (χ2v) is 7.69. The third-order valence-corrected chi connectivity index (χ3v) is 4.98. The van der Waals surface area contributed by atoms with Crippen molar-refractivity contribution in [1.29, 1.82) is 5.26 Å². The van der Waals surface area contributed by atoms with E-state index in [4.69, 9.17) is 4.74 Å². The highest BCUT2D eigenvalue weighted by Gasteiger charge is 2.12. The molecule has 3 rings (SSSR count). The van der Waals surface area contributed by atoms with Crippen LogP contribution in [0.15, 0.2) is 30.3 Å². The zero-order valence-electron chi connectivity index (χ0n) is 13.0. The van der Waals surface area contributed by atoms with E-state index in [1.54, 1.807) is 7.11 Å². The Hall–Kier alpha value is -1.60. The lowest BCUT2D eigenvalue weighted by molar-refractivity contribution is 0.411. The van der Waals surface area contributed by atoms with Crippen LogP contribution in [0.25, 0.3) is 22.7 Å². The minimum atomic E-state index is 0.472. The number of benzene rings is 2. The summed E-state index contributed by atoms with van der Waals surface area (Å²) in [5.41, 5.74) is 4.26. The number of nitriles is 1. The maximum Gasteiger partial charge on any atom is 0.149 e. The van der Waals surface area contributed by atoms with Crippen LogP contribution in [0.3, 0.4) is 0 Å². The lowest BCUT2D eigenvalue weighted by atomic mass is 10.1. The summed E-state index contributed by atoms with van der Waals surface area (Å²) in [6, 6.07) is 12.3. The molecule has 0 saturated carbocycles.